The molecule has 8 heteroatoms. The Morgan fingerprint density at radius 3 is 2.60 bits per heavy atom. The molecule has 0 aliphatic carbocycles. The first kappa shape index (κ1) is 20.1. The molecule has 0 aromatic heterocycles. The molecule has 2 aromatic rings. The lowest BCUT2D eigenvalue weighted by Crippen LogP contribution is -2.47. The highest BCUT2D eigenvalue weighted by Gasteiger charge is 2.39. The summed E-state index contributed by atoms with van der Waals surface area (Å²) in [5.74, 6) is 1.03. The fourth-order valence-electron chi connectivity index (χ4n) is 3.75. The maximum atomic E-state index is 13.3. The zero-order valence-corrected chi connectivity index (χ0v) is 17.4. The number of carbonyl (C=O) groups is 1. The Morgan fingerprint density at radius 2 is 1.93 bits per heavy atom. The number of nitrogens with zero attached hydrogens (tertiary/aromatic N) is 3. The van der Waals surface area contributed by atoms with Crippen LogP contribution in [0, 0.1) is 17.1 Å². The van der Waals surface area contributed by atoms with Crippen LogP contribution < -0.4 is 14.4 Å². The molecule has 0 radical (unpaired) electrons. The maximum Gasteiger partial charge on any atom is 0.229 e. The Kier molecular flexibility index (Phi) is 5.55. The lowest BCUT2D eigenvalue weighted by atomic mass is 9.86. The smallest absolute Gasteiger partial charge is 0.229 e. The van der Waals surface area contributed by atoms with E-state index >= 15 is 0 Å². The molecule has 1 fully saturated rings. The van der Waals surface area contributed by atoms with Gasteiger partial charge in [-0.25, -0.2) is 4.39 Å². The first-order valence-electron chi connectivity index (χ1n) is 9.35. The zero-order chi connectivity index (χ0) is 21.3. The van der Waals surface area contributed by atoms with E-state index in [1.165, 1.54) is 23.9 Å². The van der Waals surface area contributed by atoms with Gasteiger partial charge < -0.3 is 14.4 Å². The lowest BCUT2D eigenvalue weighted by Gasteiger charge is -2.42. The number of halogens is 1. The summed E-state index contributed by atoms with van der Waals surface area (Å²) in [6.07, 6.45) is 0.160. The van der Waals surface area contributed by atoms with E-state index in [1.54, 1.807) is 43.4 Å². The fraction of sp³-hybridized carbons (Fsp3) is 0.273. The van der Waals surface area contributed by atoms with Gasteiger partial charge in [-0.15, -0.1) is 0 Å². The van der Waals surface area contributed by atoms with E-state index in [0.29, 0.717) is 34.6 Å². The van der Waals surface area contributed by atoms with Gasteiger partial charge in [0.05, 0.1) is 43.4 Å². The van der Waals surface area contributed by atoms with E-state index in [4.69, 9.17) is 9.47 Å². The second-order valence-electron chi connectivity index (χ2n) is 6.95. The molecular weight excluding hydrogens is 405 g/mol. The number of hydrogen-bond acceptors (Lipinski definition) is 6. The SMILES string of the molecule is COc1ccc(OC)c([C@@H]2CC(=O)N3CN(c4ccc(F)cc4)CSC3=C2C#N)c1. The summed E-state index contributed by atoms with van der Waals surface area (Å²) >= 11 is 1.43. The van der Waals surface area contributed by atoms with Gasteiger partial charge in [0.1, 0.15) is 17.3 Å². The molecule has 1 atom stereocenters. The van der Waals surface area contributed by atoms with Crippen molar-refractivity contribution in [3.63, 3.8) is 0 Å². The van der Waals surface area contributed by atoms with Crippen LogP contribution in [-0.2, 0) is 4.79 Å². The van der Waals surface area contributed by atoms with E-state index in [-0.39, 0.29) is 18.1 Å². The third-order valence-electron chi connectivity index (χ3n) is 5.30. The Balaban J connectivity index is 1.70. The summed E-state index contributed by atoms with van der Waals surface area (Å²) in [7, 11) is 3.14. The molecule has 1 amide bonds. The van der Waals surface area contributed by atoms with Crippen LogP contribution in [0.4, 0.5) is 10.1 Å². The largest absolute Gasteiger partial charge is 0.497 e. The zero-order valence-electron chi connectivity index (χ0n) is 16.6. The number of ether oxygens (including phenoxy) is 2. The summed E-state index contributed by atoms with van der Waals surface area (Å²) < 4.78 is 24.1. The summed E-state index contributed by atoms with van der Waals surface area (Å²) in [4.78, 5) is 16.7. The number of thioether (sulfide) groups is 1. The standard InChI is InChI=1S/C22H20FN3O3S/c1-28-16-7-8-20(29-2)18(9-16)17-10-21(27)26-12-25(13-30-22(26)19(17)11-24)15-5-3-14(23)4-6-15/h3-9,17H,10,12-13H2,1-2H3/t17-/m0/s1. The number of anilines is 1. The Morgan fingerprint density at radius 1 is 1.17 bits per heavy atom. The molecule has 0 spiro atoms. The molecule has 2 aromatic carbocycles. The van der Waals surface area contributed by atoms with Crippen molar-refractivity contribution in [2.75, 3.05) is 31.7 Å². The van der Waals surface area contributed by atoms with Gasteiger partial charge in [-0.1, -0.05) is 11.8 Å². The van der Waals surface area contributed by atoms with Crippen LogP contribution in [0.15, 0.2) is 53.1 Å². The number of nitriles is 1. The minimum Gasteiger partial charge on any atom is -0.497 e. The number of hydrogen-bond donors (Lipinski definition) is 0. The van der Waals surface area contributed by atoms with Crippen molar-refractivity contribution >= 4 is 23.4 Å². The van der Waals surface area contributed by atoms with E-state index in [2.05, 4.69) is 6.07 Å². The molecule has 0 saturated carbocycles. The van der Waals surface area contributed by atoms with Crippen molar-refractivity contribution in [2.45, 2.75) is 12.3 Å². The molecule has 0 N–H and O–H groups in total. The van der Waals surface area contributed by atoms with Crippen LogP contribution in [-0.4, -0.2) is 37.6 Å². The van der Waals surface area contributed by atoms with Crippen LogP contribution in [0.5, 0.6) is 11.5 Å². The normalized spacial score (nSPS) is 18.7. The van der Waals surface area contributed by atoms with Gasteiger partial charge in [-0.3, -0.25) is 9.69 Å². The lowest BCUT2D eigenvalue weighted by molar-refractivity contribution is -0.129. The minimum absolute atomic E-state index is 0.0711. The third-order valence-corrected chi connectivity index (χ3v) is 6.45. The Labute approximate surface area is 178 Å². The van der Waals surface area contributed by atoms with E-state index in [1.807, 2.05) is 11.0 Å². The Bertz CT molecular complexity index is 1050. The molecular formula is C22H20FN3O3S. The topological polar surface area (TPSA) is 65.8 Å². The summed E-state index contributed by atoms with van der Waals surface area (Å²) in [5, 5.41) is 10.6. The second-order valence-corrected chi connectivity index (χ2v) is 7.88. The molecule has 0 unspecified atom stereocenters. The molecule has 4 rings (SSSR count). The summed E-state index contributed by atoms with van der Waals surface area (Å²) in [6.45, 7) is 0.319. The highest BCUT2D eigenvalue weighted by molar-refractivity contribution is 8.03. The number of allylic oxidation sites excluding steroid dienone is 1. The maximum absolute atomic E-state index is 13.3. The Hall–Kier alpha value is -3.18. The molecule has 1 saturated heterocycles. The highest BCUT2D eigenvalue weighted by atomic mass is 32.2. The number of amides is 1. The number of fused-ring (bicyclic) bond motifs is 1. The molecule has 2 aliphatic heterocycles. The first-order valence-corrected chi connectivity index (χ1v) is 10.3. The number of benzene rings is 2. The van der Waals surface area contributed by atoms with E-state index < -0.39 is 5.92 Å². The van der Waals surface area contributed by atoms with Gasteiger partial charge in [0, 0.05) is 23.6 Å². The number of carbonyl (C=O) groups excluding carboxylic acids is 1. The highest BCUT2D eigenvalue weighted by Crippen LogP contribution is 2.45. The van der Waals surface area contributed by atoms with Crippen molar-refractivity contribution in [3.05, 3.63) is 64.4 Å². The van der Waals surface area contributed by atoms with Crippen LogP contribution in [0.1, 0.15) is 17.9 Å². The van der Waals surface area contributed by atoms with Gasteiger partial charge >= 0.3 is 0 Å². The quantitative estimate of drug-likeness (QED) is 0.736. The summed E-state index contributed by atoms with van der Waals surface area (Å²) in [6, 6.07) is 13.9. The molecule has 0 bridgehead atoms. The average molecular weight is 425 g/mol. The molecule has 6 nitrogen and oxygen atoms in total. The van der Waals surface area contributed by atoms with Gasteiger partial charge in [0.15, 0.2) is 0 Å². The van der Waals surface area contributed by atoms with Crippen molar-refractivity contribution in [1.82, 2.24) is 4.90 Å². The number of rotatable bonds is 4. The molecule has 2 heterocycles. The monoisotopic (exact) mass is 425 g/mol. The minimum atomic E-state index is -0.399. The van der Waals surface area contributed by atoms with Crippen molar-refractivity contribution in [1.29, 1.82) is 5.26 Å². The van der Waals surface area contributed by atoms with Crippen molar-refractivity contribution in [3.8, 4) is 17.6 Å². The van der Waals surface area contributed by atoms with Gasteiger partial charge in [0.25, 0.3) is 0 Å². The average Bonchev–Trinajstić information content (AvgIpc) is 2.79. The third kappa shape index (κ3) is 3.57. The van der Waals surface area contributed by atoms with Crippen LogP contribution in [0.3, 0.4) is 0 Å². The van der Waals surface area contributed by atoms with Crippen LogP contribution >= 0.6 is 11.8 Å². The molecule has 2 aliphatic rings. The van der Waals surface area contributed by atoms with Gasteiger partial charge in [-0.05, 0) is 42.5 Å². The fourth-order valence-corrected chi connectivity index (χ4v) is 4.92. The molecule has 30 heavy (non-hydrogen) atoms. The predicted octanol–water partition coefficient (Wildman–Crippen LogP) is 4.06. The van der Waals surface area contributed by atoms with E-state index in [0.717, 1.165) is 11.3 Å². The predicted molar refractivity (Wildman–Crippen MR) is 113 cm³/mol. The first-order chi connectivity index (χ1) is 14.5. The van der Waals surface area contributed by atoms with Crippen molar-refractivity contribution < 1.29 is 18.7 Å². The van der Waals surface area contributed by atoms with Gasteiger partial charge in [0.2, 0.25) is 5.91 Å². The van der Waals surface area contributed by atoms with Crippen LogP contribution in [0.25, 0.3) is 0 Å². The van der Waals surface area contributed by atoms with Crippen LogP contribution in [0.2, 0.25) is 0 Å². The van der Waals surface area contributed by atoms with Gasteiger partial charge in [-0.2, -0.15) is 5.26 Å². The molecule has 154 valence electrons. The number of methoxy groups -OCH3 is 2. The summed E-state index contributed by atoms with van der Waals surface area (Å²) in [5.41, 5.74) is 2.13. The van der Waals surface area contributed by atoms with E-state index in [9.17, 15) is 14.4 Å². The van der Waals surface area contributed by atoms with Crippen molar-refractivity contribution in [2.24, 2.45) is 0 Å². The second kappa shape index (κ2) is 8.28.